The van der Waals surface area contributed by atoms with E-state index >= 15 is 0 Å². The van der Waals surface area contributed by atoms with E-state index in [9.17, 15) is 9.59 Å². The number of likely N-dealkylation sites (tertiary alicyclic amines) is 1. The van der Waals surface area contributed by atoms with Crippen LogP contribution in [0.25, 0.3) is 0 Å². The largest absolute Gasteiger partial charge is 0.376 e. The van der Waals surface area contributed by atoms with Crippen molar-refractivity contribution in [3.05, 3.63) is 51.2 Å². The van der Waals surface area contributed by atoms with E-state index in [-0.39, 0.29) is 24.4 Å². The first-order chi connectivity index (χ1) is 12.1. The zero-order valence-electron chi connectivity index (χ0n) is 13.9. The summed E-state index contributed by atoms with van der Waals surface area (Å²) in [5.41, 5.74) is 1.03. The van der Waals surface area contributed by atoms with Gasteiger partial charge in [0.05, 0.1) is 18.2 Å². The molecule has 0 aliphatic carbocycles. The van der Waals surface area contributed by atoms with Gasteiger partial charge in [-0.1, -0.05) is 17.7 Å². The van der Waals surface area contributed by atoms with Gasteiger partial charge in [0, 0.05) is 29.2 Å². The molecule has 0 saturated carbocycles. The Labute approximate surface area is 156 Å². The van der Waals surface area contributed by atoms with Crippen molar-refractivity contribution >= 4 is 40.4 Å². The average Bonchev–Trinajstić information content (AvgIpc) is 3.30. The minimum Gasteiger partial charge on any atom is -0.376 e. The summed E-state index contributed by atoms with van der Waals surface area (Å²) in [5, 5.41) is 8.20. The molecule has 3 rings (SSSR count). The summed E-state index contributed by atoms with van der Waals surface area (Å²) in [6.07, 6.45) is 2.01. The van der Waals surface area contributed by atoms with E-state index in [0.29, 0.717) is 16.3 Å². The molecule has 1 aliphatic rings. The number of nitrogens with zero attached hydrogens (tertiary/aromatic N) is 1. The number of hydrogen-bond donors (Lipinski definition) is 2. The van der Waals surface area contributed by atoms with Crippen molar-refractivity contribution in [1.29, 1.82) is 0 Å². The van der Waals surface area contributed by atoms with E-state index in [4.69, 9.17) is 11.6 Å². The van der Waals surface area contributed by atoms with Gasteiger partial charge < -0.3 is 15.5 Å². The van der Waals surface area contributed by atoms with Crippen LogP contribution in [0.4, 0.5) is 5.69 Å². The van der Waals surface area contributed by atoms with Gasteiger partial charge in [-0.15, -0.1) is 11.3 Å². The van der Waals surface area contributed by atoms with Crippen LogP contribution in [0.3, 0.4) is 0 Å². The highest BCUT2D eigenvalue weighted by Gasteiger charge is 2.30. The molecule has 1 saturated heterocycles. The quantitative estimate of drug-likeness (QED) is 0.837. The molecule has 2 amide bonds. The molecular formula is C18H20ClN3O2S. The fraction of sp³-hybridized carbons (Fsp3) is 0.333. The van der Waals surface area contributed by atoms with Gasteiger partial charge in [0.1, 0.15) is 0 Å². The van der Waals surface area contributed by atoms with Crippen LogP contribution >= 0.6 is 22.9 Å². The Morgan fingerprint density at radius 2 is 2.20 bits per heavy atom. The van der Waals surface area contributed by atoms with E-state index < -0.39 is 0 Å². The minimum atomic E-state index is -0.241. The first-order valence-corrected chi connectivity index (χ1v) is 9.44. The third-order valence-electron chi connectivity index (χ3n) is 4.33. The van der Waals surface area contributed by atoms with Crippen molar-refractivity contribution in [3.63, 3.8) is 0 Å². The van der Waals surface area contributed by atoms with E-state index in [2.05, 4.69) is 16.7 Å². The number of rotatable bonds is 5. The second kappa shape index (κ2) is 7.89. The standard InChI is InChI=1S/C18H20ClN3O2S/c1-20-18(24)13-10-12(19)6-7-14(13)21-11-17(23)22-8-2-4-15(22)16-5-3-9-25-16/h3,5-7,9-10,15,21H,2,4,8,11H2,1H3,(H,20,24)/t15-/m1/s1. The van der Waals surface area contributed by atoms with Gasteiger partial charge in [-0.2, -0.15) is 0 Å². The predicted molar refractivity (Wildman–Crippen MR) is 101 cm³/mol. The highest BCUT2D eigenvalue weighted by atomic mass is 35.5. The number of benzene rings is 1. The lowest BCUT2D eigenvalue weighted by molar-refractivity contribution is -0.130. The third kappa shape index (κ3) is 3.96. The van der Waals surface area contributed by atoms with Crippen LogP contribution in [0.15, 0.2) is 35.7 Å². The van der Waals surface area contributed by atoms with Crippen LogP contribution in [0.1, 0.15) is 34.1 Å². The normalized spacial score (nSPS) is 16.7. The van der Waals surface area contributed by atoms with Crippen molar-refractivity contribution < 1.29 is 9.59 Å². The highest BCUT2D eigenvalue weighted by molar-refractivity contribution is 7.10. The molecule has 1 aromatic heterocycles. The Morgan fingerprint density at radius 3 is 2.92 bits per heavy atom. The molecule has 1 fully saturated rings. The van der Waals surface area contributed by atoms with Crippen LogP contribution in [0.2, 0.25) is 5.02 Å². The van der Waals surface area contributed by atoms with Crippen LogP contribution in [0, 0.1) is 0 Å². The monoisotopic (exact) mass is 377 g/mol. The topological polar surface area (TPSA) is 61.4 Å². The molecule has 25 heavy (non-hydrogen) atoms. The SMILES string of the molecule is CNC(=O)c1cc(Cl)ccc1NCC(=O)N1CCC[C@@H]1c1cccs1. The molecule has 5 nitrogen and oxygen atoms in total. The van der Waals surface area contributed by atoms with E-state index in [1.165, 1.54) is 4.88 Å². The first kappa shape index (κ1) is 17.8. The van der Waals surface area contributed by atoms with E-state index in [1.807, 2.05) is 16.3 Å². The van der Waals surface area contributed by atoms with Crippen molar-refractivity contribution in [2.75, 3.05) is 25.5 Å². The molecule has 0 unspecified atom stereocenters. The van der Waals surface area contributed by atoms with Gasteiger partial charge in [-0.05, 0) is 42.5 Å². The Morgan fingerprint density at radius 1 is 1.36 bits per heavy atom. The van der Waals surface area contributed by atoms with Crippen LogP contribution in [0.5, 0.6) is 0 Å². The summed E-state index contributed by atoms with van der Waals surface area (Å²) in [5.74, 6) is -0.205. The summed E-state index contributed by atoms with van der Waals surface area (Å²) in [6, 6.07) is 9.28. The second-order valence-electron chi connectivity index (χ2n) is 5.88. The third-order valence-corrected chi connectivity index (χ3v) is 5.54. The zero-order chi connectivity index (χ0) is 17.8. The summed E-state index contributed by atoms with van der Waals surface area (Å²) in [7, 11) is 1.56. The molecule has 2 heterocycles. The summed E-state index contributed by atoms with van der Waals surface area (Å²) in [6.45, 7) is 0.916. The van der Waals surface area contributed by atoms with Crippen molar-refractivity contribution in [3.8, 4) is 0 Å². The number of nitrogens with one attached hydrogen (secondary N) is 2. The number of carbonyl (C=O) groups excluding carboxylic acids is 2. The smallest absolute Gasteiger partial charge is 0.253 e. The van der Waals surface area contributed by atoms with Crippen LogP contribution < -0.4 is 10.6 Å². The lowest BCUT2D eigenvalue weighted by atomic mass is 10.1. The number of amides is 2. The van der Waals surface area contributed by atoms with Gasteiger partial charge >= 0.3 is 0 Å². The average molecular weight is 378 g/mol. The van der Waals surface area contributed by atoms with Crippen LogP contribution in [-0.4, -0.2) is 36.9 Å². The molecule has 2 N–H and O–H groups in total. The predicted octanol–water partition coefficient (Wildman–Crippen LogP) is 3.54. The van der Waals surface area contributed by atoms with Gasteiger partial charge in [-0.25, -0.2) is 0 Å². The van der Waals surface area contributed by atoms with Gasteiger partial charge in [-0.3, -0.25) is 9.59 Å². The minimum absolute atomic E-state index is 0.0358. The number of carbonyl (C=O) groups is 2. The zero-order valence-corrected chi connectivity index (χ0v) is 15.5. The number of thiophene rings is 1. The fourth-order valence-electron chi connectivity index (χ4n) is 3.11. The molecule has 0 spiro atoms. The van der Waals surface area contributed by atoms with Crippen molar-refractivity contribution in [2.45, 2.75) is 18.9 Å². The first-order valence-electron chi connectivity index (χ1n) is 8.18. The summed E-state index contributed by atoms with van der Waals surface area (Å²) >= 11 is 7.66. The Balaban J connectivity index is 1.69. The number of hydrogen-bond acceptors (Lipinski definition) is 4. The number of anilines is 1. The lowest BCUT2D eigenvalue weighted by Crippen LogP contribution is -2.35. The second-order valence-corrected chi connectivity index (χ2v) is 7.30. The van der Waals surface area contributed by atoms with Gasteiger partial charge in [0.2, 0.25) is 5.91 Å². The summed E-state index contributed by atoms with van der Waals surface area (Å²) in [4.78, 5) is 27.8. The van der Waals surface area contributed by atoms with Gasteiger partial charge in [0.15, 0.2) is 0 Å². The molecule has 7 heteroatoms. The summed E-state index contributed by atoms with van der Waals surface area (Å²) < 4.78 is 0. The van der Waals surface area contributed by atoms with Crippen molar-refractivity contribution in [2.24, 2.45) is 0 Å². The molecule has 2 aromatic rings. The fourth-order valence-corrected chi connectivity index (χ4v) is 4.15. The maximum absolute atomic E-state index is 12.7. The Hall–Kier alpha value is -2.05. The maximum Gasteiger partial charge on any atom is 0.253 e. The lowest BCUT2D eigenvalue weighted by Gasteiger charge is -2.24. The Bertz CT molecular complexity index is 764. The number of halogens is 1. The maximum atomic E-state index is 12.7. The Kier molecular flexibility index (Phi) is 5.60. The molecule has 1 aliphatic heterocycles. The molecule has 0 radical (unpaired) electrons. The van der Waals surface area contributed by atoms with E-state index in [1.54, 1.807) is 36.6 Å². The van der Waals surface area contributed by atoms with E-state index in [0.717, 1.165) is 19.4 Å². The molecule has 0 bridgehead atoms. The molecular weight excluding hydrogens is 358 g/mol. The van der Waals surface area contributed by atoms with Crippen LogP contribution in [-0.2, 0) is 4.79 Å². The molecule has 1 aromatic carbocycles. The van der Waals surface area contributed by atoms with Gasteiger partial charge in [0.25, 0.3) is 5.91 Å². The highest BCUT2D eigenvalue weighted by Crippen LogP contribution is 2.34. The molecule has 1 atom stereocenters. The van der Waals surface area contributed by atoms with Crippen molar-refractivity contribution in [1.82, 2.24) is 10.2 Å². The molecule has 132 valence electrons.